The molecule has 1 amide bonds. The quantitative estimate of drug-likeness (QED) is 0.867. The van der Waals surface area contributed by atoms with Gasteiger partial charge in [-0.25, -0.2) is 8.42 Å². The molecule has 2 heterocycles. The highest BCUT2D eigenvalue weighted by Crippen LogP contribution is 2.17. The smallest absolute Gasteiger partial charge is 0.243 e. The summed E-state index contributed by atoms with van der Waals surface area (Å²) in [4.78, 5) is 18.4. The number of nitrogens with two attached hydrogens (primary N) is 1. The van der Waals surface area contributed by atoms with E-state index in [-0.39, 0.29) is 30.3 Å². The maximum absolute atomic E-state index is 12.6. The fourth-order valence-electron chi connectivity index (χ4n) is 2.73. The molecule has 1 aliphatic rings. The summed E-state index contributed by atoms with van der Waals surface area (Å²) < 4.78 is 26.6. The van der Waals surface area contributed by atoms with Crippen LogP contribution in [-0.2, 0) is 21.2 Å². The fraction of sp³-hybridized carbons (Fsp3) is 0.294. The van der Waals surface area contributed by atoms with Crippen LogP contribution in [0, 0.1) is 0 Å². The molecule has 0 spiro atoms. The molecule has 1 aliphatic heterocycles. The Morgan fingerprint density at radius 3 is 2.32 bits per heavy atom. The summed E-state index contributed by atoms with van der Waals surface area (Å²) in [7, 11) is -3.51. The van der Waals surface area contributed by atoms with Gasteiger partial charge in [0.15, 0.2) is 0 Å². The largest absolute Gasteiger partial charge is 0.397 e. The van der Waals surface area contributed by atoms with Gasteiger partial charge in [0.1, 0.15) is 0 Å². The molecule has 2 N–H and O–H groups in total. The Labute approximate surface area is 147 Å². The van der Waals surface area contributed by atoms with Crippen LogP contribution in [0.5, 0.6) is 0 Å². The molecule has 25 heavy (non-hydrogen) atoms. The zero-order valence-corrected chi connectivity index (χ0v) is 14.5. The number of benzene rings is 1. The molecule has 1 fully saturated rings. The van der Waals surface area contributed by atoms with Crippen LogP contribution in [-0.4, -0.2) is 54.7 Å². The third-order valence-corrected chi connectivity index (χ3v) is 6.07. The van der Waals surface area contributed by atoms with E-state index in [1.165, 1.54) is 10.5 Å². The van der Waals surface area contributed by atoms with Gasteiger partial charge in [0, 0.05) is 31.9 Å². The van der Waals surface area contributed by atoms with Gasteiger partial charge in [0.25, 0.3) is 0 Å². The standard InChI is InChI=1S/C17H20N4O3S/c18-14-6-7-15(19-13-14)12-17(22)20-8-10-21(11-9-20)25(23,24)16-4-2-1-3-5-16/h1-7,13H,8-12,18H2. The highest BCUT2D eigenvalue weighted by Gasteiger charge is 2.29. The van der Waals surface area contributed by atoms with Crippen molar-refractivity contribution in [3.8, 4) is 0 Å². The average molecular weight is 360 g/mol. The molecule has 0 radical (unpaired) electrons. The van der Waals surface area contributed by atoms with Crippen molar-refractivity contribution < 1.29 is 13.2 Å². The fourth-order valence-corrected chi connectivity index (χ4v) is 4.17. The van der Waals surface area contributed by atoms with Crippen molar-refractivity contribution in [3.63, 3.8) is 0 Å². The number of hydrogen-bond acceptors (Lipinski definition) is 5. The van der Waals surface area contributed by atoms with Crippen molar-refractivity contribution in [1.82, 2.24) is 14.2 Å². The van der Waals surface area contributed by atoms with Crippen molar-refractivity contribution in [2.75, 3.05) is 31.9 Å². The number of anilines is 1. The molecule has 1 aromatic heterocycles. The minimum Gasteiger partial charge on any atom is -0.397 e. The van der Waals surface area contributed by atoms with Crippen LogP contribution < -0.4 is 5.73 Å². The Morgan fingerprint density at radius 2 is 1.72 bits per heavy atom. The lowest BCUT2D eigenvalue weighted by molar-refractivity contribution is -0.131. The van der Waals surface area contributed by atoms with Gasteiger partial charge < -0.3 is 10.6 Å². The van der Waals surface area contributed by atoms with Crippen molar-refractivity contribution in [2.45, 2.75) is 11.3 Å². The van der Waals surface area contributed by atoms with Crippen LogP contribution >= 0.6 is 0 Å². The van der Waals surface area contributed by atoms with Gasteiger partial charge in [0.2, 0.25) is 15.9 Å². The number of sulfonamides is 1. The number of aromatic nitrogens is 1. The number of carbonyl (C=O) groups is 1. The van der Waals surface area contributed by atoms with Crippen molar-refractivity contribution in [3.05, 3.63) is 54.4 Å². The van der Waals surface area contributed by atoms with Gasteiger partial charge in [-0.1, -0.05) is 18.2 Å². The Bertz CT molecular complexity index is 830. The maximum Gasteiger partial charge on any atom is 0.243 e. The van der Waals surface area contributed by atoms with Crippen LogP contribution in [0.3, 0.4) is 0 Å². The van der Waals surface area contributed by atoms with E-state index in [0.717, 1.165) is 0 Å². The molecule has 0 bridgehead atoms. The van der Waals surface area contributed by atoms with Gasteiger partial charge in [-0.3, -0.25) is 9.78 Å². The third-order valence-electron chi connectivity index (χ3n) is 4.15. The first kappa shape index (κ1) is 17.4. The first-order valence-electron chi connectivity index (χ1n) is 8.00. The van der Waals surface area contributed by atoms with Crippen LogP contribution in [0.2, 0.25) is 0 Å². The Balaban J connectivity index is 1.60. The van der Waals surface area contributed by atoms with Crippen LogP contribution in [0.25, 0.3) is 0 Å². The van der Waals surface area contributed by atoms with Crippen LogP contribution in [0.1, 0.15) is 5.69 Å². The molecule has 7 nitrogen and oxygen atoms in total. The normalized spacial score (nSPS) is 15.9. The minimum atomic E-state index is -3.51. The van der Waals surface area contributed by atoms with Crippen LogP contribution in [0.15, 0.2) is 53.6 Å². The highest BCUT2D eigenvalue weighted by molar-refractivity contribution is 7.89. The Morgan fingerprint density at radius 1 is 1.04 bits per heavy atom. The number of amides is 1. The van der Waals surface area contributed by atoms with Gasteiger partial charge >= 0.3 is 0 Å². The second-order valence-electron chi connectivity index (χ2n) is 5.86. The number of nitrogens with zero attached hydrogens (tertiary/aromatic N) is 3. The molecule has 1 aromatic carbocycles. The van der Waals surface area contributed by atoms with E-state index in [0.29, 0.717) is 24.5 Å². The van der Waals surface area contributed by atoms with E-state index in [1.807, 2.05) is 0 Å². The summed E-state index contributed by atoms with van der Waals surface area (Å²) in [6, 6.07) is 11.8. The molecular formula is C17H20N4O3S. The monoisotopic (exact) mass is 360 g/mol. The Kier molecular flexibility index (Phi) is 5.00. The van der Waals surface area contributed by atoms with Crippen molar-refractivity contribution in [1.29, 1.82) is 0 Å². The number of piperazine rings is 1. The predicted molar refractivity (Wildman–Crippen MR) is 94.1 cm³/mol. The Hall–Kier alpha value is -2.45. The summed E-state index contributed by atoms with van der Waals surface area (Å²) in [6.07, 6.45) is 1.71. The molecule has 132 valence electrons. The minimum absolute atomic E-state index is 0.0611. The highest BCUT2D eigenvalue weighted by atomic mass is 32.2. The van der Waals surface area contributed by atoms with Gasteiger partial charge in [-0.15, -0.1) is 0 Å². The summed E-state index contributed by atoms with van der Waals surface area (Å²) in [6.45, 7) is 1.33. The van der Waals surface area contributed by atoms with Gasteiger partial charge in [0.05, 0.1) is 23.2 Å². The lowest BCUT2D eigenvalue weighted by Gasteiger charge is -2.34. The third kappa shape index (κ3) is 3.97. The predicted octanol–water partition coefficient (Wildman–Crippen LogP) is 0.739. The average Bonchev–Trinajstić information content (AvgIpc) is 2.64. The lowest BCUT2D eigenvalue weighted by Crippen LogP contribution is -2.50. The molecule has 0 aliphatic carbocycles. The van der Waals surface area contributed by atoms with Gasteiger partial charge in [-0.05, 0) is 24.3 Å². The second kappa shape index (κ2) is 7.20. The van der Waals surface area contributed by atoms with Crippen molar-refractivity contribution >= 4 is 21.6 Å². The second-order valence-corrected chi connectivity index (χ2v) is 7.80. The molecule has 2 aromatic rings. The SMILES string of the molecule is Nc1ccc(CC(=O)N2CCN(S(=O)(=O)c3ccccc3)CC2)nc1. The molecular weight excluding hydrogens is 340 g/mol. The number of nitrogen functional groups attached to an aromatic ring is 1. The van der Waals surface area contributed by atoms with E-state index < -0.39 is 10.0 Å². The number of carbonyl (C=O) groups excluding carboxylic acids is 1. The van der Waals surface area contributed by atoms with Crippen LogP contribution in [0.4, 0.5) is 5.69 Å². The molecule has 3 rings (SSSR count). The van der Waals surface area contributed by atoms with E-state index in [2.05, 4.69) is 4.98 Å². The zero-order valence-electron chi connectivity index (χ0n) is 13.7. The van der Waals surface area contributed by atoms with E-state index in [1.54, 1.807) is 47.4 Å². The van der Waals surface area contributed by atoms with E-state index >= 15 is 0 Å². The number of rotatable bonds is 4. The maximum atomic E-state index is 12.6. The first-order valence-corrected chi connectivity index (χ1v) is 9.44. The number of hydrogen-bond donors (Lipinski definition) is 1. The van der Waals surface area contributed by atoms with E-state index in [4.69, 9.17) is 5.73 Å². The molecule has 0 saturated carbocycles. The summed E-state index contributed by atoms with van der Waals surface area (Å²) in [5.41, 5.74) is 6.79. The summed E-state index contributed by atoms with van der Waals surface area (Å²) in [5.74, 6) is -0.0611. The number of pyridine rings is 1. The summed E-state index contributed by atoms with van der Waals surface area (Å²) in [5, 5.41) is 0. The first-order chi connectivity index (χ1) is 12.0. The lowest BCUT2D eigenvalue weighted by atomic mass is 10.2. The summed E-state index contributed by atoms with van der Waals surface area (Å²) >= 11 is 0. The zero-order chi connectivity index (χ0) is 17.9. The molecule has 8 heteroatoms. The van der Waals surface area contributed by atoms with E-state index in [9.17, 15) is 13.2 Å². The van der Waals surface area contributed by atoms with Gasteiger partial charge in [-0.2, -0.15) is 4.31 Å². The van der Waals surface area contributed by atoms with Crippen molar-refractivity contribution in [2.24, 2.45) is 0 Å². The topological polar surface area (TPSA) is 96.6 Å². The molecule has 0 unspecified atom stereocenters. The molecule has 1 saturated heterocycles. The molecule has 0 atom stereocenters.